The summed E-state index contributed by atoms with van der Waals surface area (Å²) in [4.78, 5) is 20.4. The number of nitrogens with one attached hydrogen (secondary N) is 1. The smallest absolute Gasteiger partial charge is 0.408 e. The fraction of sp³-hybridized carbons (Fsp3) is 0.562. The average molecular weight is 504 g/mol. The van der Waals surface area contributed by atoms with Crippen molar-refractivity contribution in [1.29, 1.82) is 0 Å². The number of hydrogen-bond acceptors (Lipinski definition) is 4. The predicted octanol–water partition coefficient (Wildman–Crippen LogP) is 6.84. The first-order valence-corrected chi connectivity index (χ1v) is 14.1. The molecule has 37 heavy (non-hydrogen) atoms. The van der Waals surface area contributed by atoms with Crippen molar-refractivity contribution in [3.63, 3.8) is 0 Å². The molecule has 0 radical (unpaired) electrons. The van der Waals surface area contributed by atoms with Gasteiger partial charge in [-0.25, -0.2) is 4.79 Å². The molecule has 3 unspecified atom stereocenters. The van der Waals surface area contributed by atoms with Crippen molar-refractivity contribution in [3.05, 3.63) is 71.8 Å². The second-order valence-electron chi connectivity index (χ2n) is 11.9. The number of rotatable bonds is 8. The lowest BCUT2D eigenvalue weighted by molar-refractivity contribution is 0.0496. The van der Waals surface area contributed by atoms with Gasteiger partial charge >= 0.3 is 6.09 Å². The van der Waals surface area contributed by atoms with E-state index in [0.29, 0.717) is 17.9 Å². The largest absolute Gasteiger partial charge is 0.444 e. The molecule has 1 N–H and O–H groups in total. The number of carbonyl (C=O) groups excluding carboxylic acids is 1. The highest BCUT2D eigenvalue weighted by molar-refractivity contribution is 5.87. The van der Waals surface area contributed by atoms with Crippen LogP contribution in [0.15, 0.2) is 65.7 Å². The minimum absolute atomic E-state index is 0.0586. The highest BCUT2D eigenvalue weighted by Crippen LogP contribution is 2.30. The van der Waals surface area contributed by atoms with E-state index >= 15 is 0 Å². The van der Waals surface area contributed by atoms with E-state index in [0.717, 1.165) is 44.5 Å². The van der Waals surface area contributed by atoms with Crippen LogP contribution in [0.2, 0.25) is 0 Å². The zero-order valence-electron chi connectivity index (χ0n) is 23.2. The summed E-state index contributed by atoms with van der Waals surface area (Å²) in [6, 6.07) is 21.4. The molecule has 200 valence electrons. The number of carbonyl (C=O) groups is 1. The van der Waals surface area contributed by atoms with E-state index < -0.39 is 5.60 Å². The van der Waals surface area contributed by atoms with Crippen LogP contribution in [0.25, 0.3) is 0 Å². The Morgan fingerprint density at radius 2 is 1.68 bits per heavy atom. The molecule has 5 heteroatoms. The van der Waals surface area contributed by atoms with E-state index in [9.17, 15) is 4.79 Å². The number of aliphatic imine (C=N–C) groups is 1. The van der Waals surface area contributed by atoms with E-state index in [2.05, 4.69) is 59.6 Å². The molecule has 5 nitrogen and oxygen atoms in total. The quantitative estimate of drug-likeness (QED) is 0.429. The van der Waals surface area contributed by atoms with Gasteiger partial charge in [0.25, 0.3) is 0 Å². The summed E-state index contributed by atoms with van der Waals surface area (Å²) in [5.74, 6) is 1.27. The molecular formula is C32H45N3O2. The molecule has 4 rings (SSSR count). The number of amides is 1. The maximum Gasteiger partial charge on any atom is 0.408 e. The average Bonchev–Trinajstić information content (AvgIpc) is 2.88. The Bertz CT molecular complexity index is 1010. The molecule has 0 aromatic heterocycles. The van der Waals surface area contributed by atoms with Crippen LogP contribution in [0, 0.1) is 11.8 Å². The number of hydrogen-bond donors (Lipinski definition) is 1. The minimum atomic E-state index is -0.507. The Morgan fingerprint density at radius 1 is 1.03 bits per heavy atom. The van der Waals surface area contributed by atoms with Crippen molar-refractivity contribution in [2.45, 2.75) is 83.9 Å². The van der Waals surface area contributed by atoms with Crippen molar-refractivity contribution < 1.29 is 9.53 Å². The predicted molar refractivity (Wildman–Crippen MR) is 152 cm³/mol. The summed E-state index contributed by atoms with van der Waals surface area (Å²) >= 11 is 0. The van der Waals surface area contributed by atoms with E-state index in [-0.39, 0.29) is 12.1 Å². The second-order valence-corrected chi connectivity index (χ2v) is 11.9. The zero-order valence-corrected chi connectivity index (χ0v) is 23.2. The number of ether oxygens (including phenoxy) is 1. The van der Waals surface area contributed by atoms with Crippen molar-refractivity contribution in [1.82, 2.24) is 10.2 Å². The molecular weight excluding hydrogens is 458 g/mol. The maximum atomic E-state index is 12.5. The normalized spacial score (nSPS) is 22.2. The van der Waals surface area contributed by atoms with E-state index in [4.69, 9.17) is 9.73 Å². The van der Waals surface area contributed by atoms with Gasteiger partial charge in [-0.05, 0) is 95.3 Å². The van der Waals surface area contributed by atoms with Gasteiger partial charge in [0.2, 0.25) is 0 Å². The van der Waals surface area contributed by atoms with Gasteiger partial charge in [-0.3, -0.25) is 4.99 Å². The van der Waals surface area contributed by atoms with Crippen LogP contribution in [0.1, 0.15) is 77.0 Å². The van der Waals surface area contributed by atoms with Gasteiger partial charge in [-0.15, -0.1) is 0 Å². The lowest BCUT2D eigenvalue weighted by atomic mass is 9.82. The number of nitrogens with zero attached hydrogens (tertiary/aromatic N) is 2. The van der Waals surface area contributed by atoms with Gasteiger partial charge < -0.3 is 15.0 Å². The van der Waals surface area contributed by atoms with Crippen LogP contribution in [0.3, 0.4) is 0 Å². The molecule has 3 atom stereocenters. The highest BCUT2D eigenvalue weighted by Gasteiger charge is 2.29. The number of piperidine rings is 1. The highest BCUT2D eigenvalue weighted by atomic mass is 16.6. The van der Waals surface area contributed by atoms with Crippen molar-refractivity contribution in [3.8, 4) is 0 Å². The molecule has 2 aromatic carbocycles. The first-order chi connectivity index (χ1) is 17.8. The first-order valence-electron chi connectivity index (χ1n) is 14.1. The van der Waals surface area contributed by atoms with E-state index in [1.165, 1.54) is 30.5 Å². The van der Waals surface area contributed by atoms with Crippen molar-refractivity contribution >= 4 is 11.8 Å². The Labute approximate surface area is 223 Å². The molecule has 0 aliphatic carbocycles. The van der Waals surface area contributed by atoms with Gasteiger partial charge in [0.05, 0.1) is 12.1 Å². The van der Waals surface area contributed by atoms with Crippen LogP contribution in [-0.4, -0.2) is 48.0 Å². The van der Waals surface area contributed by atoms with Crippen LogP contribution in [0.5, 0.6) is 0 Å². The molecule has 0 saturated carbocycles. The lowest BCUT2D eigenvalue weighted by Crippen LogP contribution is -2.40. The third-order valence-electron chi connectivity index (χ3n) is 7.82. The van der Waals surface area contributed by atoms with Gasteiger partial charge in [0.1, 0.15) is 5.60 Å². The monoisotopic (exact) mass is 503 g/mol. The van der Waals surface area contributed by atoms with Gasteiger partial charge in [-0.2, -0.15) is 0 Å². The molecule has 0 bridgehead atoms. The third kappa shape index (κ3) is 8.43. The third-order valence-corrected chi connectivity index (χ3v) is 7.82. The number of alkyl carbamates (subject to hydrolysis) is 1. The number of likely N-dealkylation sites (tertiary alicyclic amines) is 1. The zero-order chi connectivity index (χ0) is 26.3. The Morgan fingerprint density at radius 3 is 2.32 bits per heavy atom. The van der Waals surface area contributed by atoms with E-state index in [1.54, 1.807) is 0 Å². The van der Waals surface area contributed by atoms with Gasteiger partial charge in [-0.1, -0.05) is 67.6 Å². The Hall–Kier alpha value is -2.66. The van der Waals surface area contributed by atoms with Crippen LogP contribution in [0.4, 0.5) is 4.79 Å². The summed E-state index contributed by atoms with van der Waals surface area (Å²) in [6.07, 6.45) is 6.34. The first kappa shape index (κ1) is 27.4. The molecule has 1 amide bonds. The van der Waals surface area contributed by atoms with Crippen LogP contribution in [-0.2, 0) is 11.2 Å². The van der Waals surface area contributed by atoms with Crippen molar-refractivity contribution in [2.24, 2.45) is 16.8 Å². The fourth-order valence-corrected chi connectivity index (χ4v) is 5.64. The number of benzene rings is 2. The van der Waals surface area contributed by atoms with Crippen LogP contribution >= 0.6 is 0 Å². The fourth-order valence-electron chi connectivity index (χ4n) is 5.64. The van der Waals surface area contributed by atoms with Gasteiger partial charge in [0.15, 0.2) is 0 Å². The Balaban J connectivity index is 1.30. The van der Waals surface area contributed by atoms with E-state index in [1.807, 2.05) is 39.0 Å². The Kier molecular flexibility index (Phi) is 9.42. The molecule has 2 aromatic rings. The SMILES string of the molecule is CC1CCC(C2CCN(CCC(NC(=O)OC(C)(C)C)c3ccccc3)CC2)=NC1Cc1ccccc1. The maximum absolute atomic E-state index is 12.5. The summed E-state index contributed by atoms with van der Waals surface area (Å²) in [5.41, 5.74) is 3.48. The standard InChI is InChI=1S/C32H45N3O2/c1-24-15-16-28(33-30(24)23-25-11-7-5-8-12-25)27-17-20-35(21-18-27)22-19-29(26-13-9-6-10-14-26)34-31(36)37-32(2,3)4/h5-14,24,27,29-30H,15-23H2,1-4H3,(H,34,36). The van der Waals surface area contributed by atoms with Gasteiger partial charge in [0, 0.05) is 12.3 Å². The van der Waals surface area contributed by atoms with Crippen LogP contribution < -0.4 is 5.32 Å². The summed E-state index contributed by atoms with van der Waals surface area (Å²) < 4.78 is 5.54. The summed E-state index contributed by atoms with van der Waals surface area (Å²) in [6.45, 7) is 11.2. The topological polar surface area (TPSA) is 53.9 Å². The van der Waals surface area contributed by atoms with Crippen molar-refractivity contribution in [2.75, 3.05) is 19.6 Å². The summed E-state index contributed by atoms with van der Waals surface area (Å²) in [7, 11) is 0. The lowest BCUT2D eigenvalue weighted by Gasteiger charge is -2.36. The summed E-state index contributed by atoms with van der Waals surface area (Å²) in [5, 5.41) is 3.11. The second kappa shape index (κ2) is 12.7. The molecule has 2 heterocycles. The minimum Gasteiger partial charge on any atom is -0.444 e. The molecule has 2 aliphatic heterocycles. The molecule has 1 fully saturated rings. The molecule has 0 spiro atoms. The molecule has 2 aliphatic rings. The molecule has 1 saturated heterocycles.